The third-order valence-corrected chi connectivity index (χ3v) is 4.19. The molecule has 0 atom stereocenters. The molecule has 20 heavy (non-hydrogen) atoms. The number of hydrogen-bond donors (Lipinski definition) is 1. The number of carbonyl (C=O) groups is 1. The molecule has 2 rings (SSSR count). The molecule has 0 saturated heterocycles. The number of anilines is 1. The summed E-state index contributed by atoms with van der Waals surface area (Å²) in [5, 5.41) is 1.97. The highest BCUT2D eigenvalue weighted by molar-refractivity contribution is 7.12. The van der Waals surface area contributed by atoms with Gasteiger partial charge in [0.05, 0.1) is 4.88 Å². The van der Waals surface area contributed by atoms with E-state index in [2.05, 4.69) is 6.92 Å². The molecule has 2 aromatic rings. The van der Waals surface area contributed by atoms with Crippen LogP contribution in [0.3, 0.4) is 0 Å². The summed E-state index contributed by atoms with van der Waals surface area (Å²) in [5.41, 5.74) is 8.60. The zero-order valence-corrected chi connectivity index (χ0v) is 12.7. The Kier molecular flexibility index (Phi) is 4.79. The Morgan fingerprint density at radius 3 is 2.50 bits per heavy atom. The van der Waals surface area contributed by atoms with E-state index < -0.39 is 0 Å². The molecule has 1 heterocycles. The van der Waals surface area contributed by atoms with Crippen LogP contribution in [0.25, 0.3) is 0 Å². The number of hydrogen-bond acceptors (Lipinski definition) is 3. The first-order valence-electron chi connectivity index (χ1n) is 6.79. The minimum absolute atomic E-state index is 0.121. The van der Waals surface area contributed by atoms with Gasteiger partial charge >= 0.3 is 0 Å². The fourth-order valence-corrected chi connectivity index (χ4v) is 2.99. The number of nitrogens with zero attached hydrogens (tertiary/aromatic N) is 1. The summed E-state index contributed by atoms with van der Waals surface area (Å²) in [6, 6.07) is 9.70. The number of carbonyl (C=O) groups excluding carboxylic acids is 1. The lowest BCUT2D eigenvalue weighted by Gasteiger charge is -2.22. The van der Waals surface area contributed by atoms with Gasteiger partial charge < -0.3 is 10.6 Å². The smallest absolute Gasteiger partial charge is 0.264 e. The van der Waals surface area contributed by atoms with Crippen LogP contribution in [-0.2, 0) is 6.54 Å². The van der Waals surface area contributed by atoms with Gasteiger partial charge in [-0.2, -0.15) is 0 Å². The number of nitrogen functional groups attached to an aromatic ring is 1. The predicted octanol–water partition coefficient (Wildman–Crippen LogP) is 3.69. The van der Waals surface area contributed by atoms with Crippen LogP contribution in [0, 0.1) is 6.92 Å². The van der Waals surface area contributed by atoms with Crippen molar-refractivity contribution in [2.24, 2.45) is 0 Å². The van der Waals surface area contributed by atoms with Crippen molar-refractivity contribution in [2.75, 3.05) is 12.3 Å². The van der Waals surface area contributed by atoms with Crippen LogP contribution < -0.4 is 5.73 Å². The molecular formula is C16H20N2OS. The largest absolute Gasteiger partial charge is 0.399 e. The van der Waals surface area contributed by atoms with Crippen molar-refractivity contribution in [1.82, 2.24) is 4.90 Å². The highest BCUT2D eigenvalue weighted by atomic mass is 32.1. The monoisotopic (exact) mass is 288 g/mol. The van der Waals surface area contributed by atoms with Gasteiger partial charge in [0.2, 0.25) is 0 Å². The van der Waals surface area contributed by atoms with E-state index in [0.717, 1.165) is 34.7 Å². The molecule has 3 nitrogen and oxygen atoms in total. The Bertz CT molecular complexity index is 574. The van der Waals surface area contributed by atoms with Crippen LogP contribution in [-0.4, -0.2) is 17.4 Å². The predicted molar refractivity (Wildman–Crippen MR) is 84.9 cm³/mol. The summed E-state index contributed by atoms with van der Waals surface area (Å²) >= 11 is 1.51. The first-order valence-corrected chi connectivity index (χ1v) is 7.67. The van der Waals surface area contributed by atoms with Crippen LogP contribution in [0.1, 0.15) is 34.1 Å². The lowest BCUT2D eigenvalue weighted by Crippen LogP contribution is -2.31. The van der Waals surface area contributed by atoms with Crippen LogP contribution in [0.2, 0.25) is 0 Å². The molecule has 106 valence electrons. The van der Waals surface area contributed by atoms with Crippen molar-refractivity contribution in [3.05, 3.63) is 51.7 Å². The maximum absolute atomic E-state index is 12.6. The van der Waals surface area contributed by atoms with Crippen molar-refractivity contribution in [2.45, 2.75) is 26.8 Å². The molecule has 4 heteroatoms. The zero-order chi connectivity index (χ0) is 14.5. The van der Waals surface area contributed by atoms with Gasteiger partial charge in [-0.15, -0.1) is 11.3 Å². The van der Waals surface area contributed by atoms with E-state index in [1.165, 1.54) is 11.3 Å². The van der Waals surface area contributed by atoms with E-state index in [1.807, 2.05) is 47.5 Å². The fourth-order valence-electron chi connectivity index (χ4n) is 2.10. The van der Waals surface area contributed by atoms with E-state index in [9.17, 15) is 4.79 Å². The van der Waals surface area contributed by atoms with Gasteiger partial charge in [-0.1, -0.05) is 19.1 Å². The minimum atomic E-state index is 0.121. The molecule has 0 unspecified atom stereocenters. The molecule has 1 aromatic carbocycles. The topological polar surface area (TPSA) is 46.3 Å². The Morgan fingerprint density at radius 2 is 1.95 bits per heavy atom. The summed E-state index contributed by atoms with van der Waals surface area (Å²) in [6.45, 7) is 5.46. The molecule has 1 amide bonds. The zero-order valence-electron chi connectivity index (χ0n) is 11.9. The molecule has 0 saturated carbocycles. The second kappa shape index (κ2) is 6.57. The van der Waals surface area contributed by atoms with Crippen LogP contribution in [0.5, 0.6) is 0 Å². The lowest BCUT2D eigenvalue weighted by molar-refractivity contribution is 0.0747. The van der Waals surface area contributed by atoms with E-state index in [4.69, 9.17) is 5.73 Å². The Balaban J connectivity index is 2.16. The van der Waals surface area contributed by atoms with Gasteiger partial charge in [-0.3, -0.25) is 4.79 Å². The molecule has 0 radical (unpaired) electrons. The summed E-state index contributed by atoms with van der Waals surface area (Å²) in [7, 11) is 0. The Morgan fingerprint density at radius 1 is 1.25 bits per heavy atom. The number of rotatable bonds is 5. The van der Waals surface area contributed by atoms with Gasteiger partial charge in [0, 0.05) is 18.8 Å². The number of thiophene rings is 1. The third-order valence-electron chi connectivity index (χ3n) is 3.19. The average Bonchev–Trinajstić information content (AvgIpc) is 2.86. The third kappa shape index (κ3) is 3.39. The summed E-state index contributed by atoms with van der Waals surface area (Å²) in [6.07, 6.45) is 0.950. The van der Waals surface area contributed by atoms with Crippen LogP contribution in [0.4, 0.5) is 5.69 Å². The number of nitrogens with two attached hydrogens (primary N) is 1. The van der Waals surface area contributed by atoms with Crippen molar-refractivity contribution >= 4 is 22.9 Å². The quantitative estimate of drug-likeness (QED) is 0.853. The van der Waals surface area contributed by atoms with E-state index in [-0.39, 0.29) is 5.91 Å². The number of aryl methyl sites for hydroxylation is 1. The lowest BCUT2D eigenvalue weighted by atomic mass is 10.1. The molecule has 0 aliphatic heterocycles. The molecule has 1 aromatic heterocycles. The second-order valence-electron chi connectivity index (χ2n) is 4.90. The Hall–Kier alpha value is -1.81. The Labute approximate surface area is 124 Å². The molecule has 2 N–H and O–H groups in total. The van der Waals surface area contributed by atoms with Gasteiger partial charge in [0.25, 0.3) is 5.91 Å². The summed E-state index contributed by atoms with van der Waals surface area (Å²) in [4.78, 5) is 15.3. The summed E-state index contributed by atoms with van der Waals surface area (Å²) < 4.78 is 0. The molecular weight excluding hydrogens is 268 g/mol. The van der Waals surface area contributed by atoms with Gasteiger partial charge in [0.1, 0.15) is 0 Å². The van der Waals surface area contributed by atoms with Gasteiger partial charge in [-0.25, -0.2) is 0 Å². The first-order chi connectivity index (χ1) is 9.61. The molecule has 0 spiro atoms. The molecule has 0 fully saturated rings. The van der Waals surface area contributed by atoms with Crippen LogP contribution in [0.15, 0.2) is 35.7 Å². The fraction of sp³-hybridized carbons (Fsp3) is 0.312. The molecule has 0 aliphatic rings. The van der Waals surface area contributed by atoms with Crippen molar-refractivity contribution in [3.8, 4) is 0 Å². The van der Waals surface area contributed by atoms with Crippen molar-refractivity contribution < 1.29 is 4.79 Å². The van der Waals surface area contributed by atoms with E-state index >= 15 is 0 Å². The van der Waals surface area contributed by atoms with Crippen LogP contribution >= 0.6 is 11.3 Å². The molecule has 0 aliphatic carbocycles. The van der Waals surface area contributed by atoms with Gasteiger partial charge in [0.15, 0.2) is 0 Å². The molecule has 0 bridgehead atoms. The maximum atomic E-state index is 12.6. The summed E-state index contributed by atoms with van der Waals surface area (Å²) in [5.74, 6) is 0.121. The minimum Gasteiger partial charge on any atom is -0.399 e. The highest BCUT2D eigenvalue weighted by Crippen LogP contribution is 2.19. The first kappa shape index (κ1) is 14.6. The maximum Gasteiger partial charge on any atom is 0.264 e. The van der Waals surface area contributed by atoms with Gasteiger partial charge in [-0.05, 0) is 48.1 Å². The SMILES string of the molecule is CCCN(Cc1ccc(N)cc1)C(=O)c1sccc1C. The average molecular weight is 288 g/mol. The van der Waals surface area contributed by atoms with Crippen molar-refractivity contribution in [1.29, 1.82) is 0 Å². The van der Waals surface area contributed by atoms with E-state index in [0.29, 0.717) is 6.54 Å². The van der Waals surface area contributed by atoms with E-state index in [1.54, 1.807) is 0 Å². The second-order valence-corrected chi connectivity index (χ2v) is 5.82. The highest BCUT2D eigenvalue weighted by Gasteiger charge is 2.18. The standard InChI is InChI=1S/C16H20N2OS/c1-3-9-18(11-13-4-6-14(17)7-5-13)16(19)15-12(2)8-10-20-15/h4-8,10H,3,9,11,17H2,1-2H3. The number of amides is 1. The van der Waals surface area contributed by atoms with Crippen molar-refractivity contribution in [3.63, 3.8) is 0 Å². The normalized spacial score (nSPS) is 10.5. The number of benzene rings is 1.